The third-order valence-corrected chi connectivity index (χ3v) is 4.52. The van der Waals surface area contributed by atoms with Crippen molar-refractivity contribution in [2.45, 2.75) is 6.42 Å². The summed E-state index contributed by atoms with van der Waals surface area (Å²) in [5, 5.41) is 11.2. The molecule has 0 aromatic carbocycles. The number of carbonyl (C=O) groups is 2. The van der Waals surface area contributed by atoms with Crippen LogP contribution in [0.4, 0.5) is 0 Å². The van der Waals surface area contributed by atoms with E-state index < -0.39 is 11.9 Å². The van der Waals surface area contributed by atoms with E-state index in [2.05, 4.69) is 4.98 Å². The van der Waals surface area contributed by atoms with Gasteiger partial charge in [0.25, 0.3) is 0 Å². The molecular formula is C13H12ClN3O3S. The molecule has 3 heterocycles. The van der Waals surface area contributed by atoms with Crippen molar-refractivity contribution >= 4 is 45.9 Å². The number of imidazole rings is 1. The summed E-state index contributed by atoms with van der Waals surface area (Å²) in [5.41, 5.74) is 0.648. The molecule has 1 atom stereocenters. The number of nitrogens with zero attached hydrogens (tertiary/aromatic N) is 3. The SMILES string of the molecule is O=C(O)C1CCN(C(=O)C=Cc2c(Cl)nc3sccn23)C1. The molecule has 1 saturated heterocycles. The zero-order valence-corrected chi connectivity index (χ0v) is 12.5. The Morgan fingerprint density at radius 1 is 1.52 bits per heavy atom. The molecule has 2 aromatic heterocycles. The number of fused-ring (bicyclic) bond motifs is 1. The van der Waals surface area contributed by atoms with Gasteiger partial charge in [-0.05, 0) is 12.5 Å². The maximum atomic E-state index is 12.1. The fraction of sp³-hybridized carbons (Fsp3) is 0.308. The van der Waals surface area contributed by atoms with Crippen molar-refractivity contribution < 1.29 is 14.7 Å². The highest BCUT2D eigenvalue weighted by Gasteiger charge is 2.29. The molecule has 0 aliphatic carbocycles. The summed E-state index contributed by atoms with van der Waals surface area (Å²) in [5.74, 6) is -1.53. The fourth-order valence-corrected chi connectivity index (χ4v) is 3.35. The Bertz CT molecular complexity index is 736. The van der Waals surface area contributed by atoms with Gasteiger partial charge in [-0.3, -0.25) is 14.0 Å². The summed E-state index contributed by atoms with van der Waals surface area (Å²) in [7, 11) is 0. The van der Waals surface area contributed by atoms with Gasteiger partial charge >= 0.3 is 5.97 Å². The van der Waals surface area contributed by atoms with Crippen LogP contribution in [0, 0.1) is 5.92 Å². The molecule has 1 N–H and O–H groups in total. The Morgan fingerprint density at radius 3 is 3.05 bits per heavy atom. The van der Waals surface area contributed by atoms with Gasteiger partial charge in [-0.2, -0.15) is 0 Å². The normalized spacial score (nSPS) is 18.9. The van der Waals surface area contributed by atoms with Gasteiger partial charge in [0.1, 0.15) is 0 Å². The molecule has 1 unspecified atom stereocenters. The number of carbonyl (C=O) groups excluding carboxylic acids is 1. The molecule has 1 aliphatic heterocycles. The number of amides is 1. The van der Waals surface area contributed by atoms with E-state index in [1.165, 1.54) is 22.3 Å². The second-order valence-electron chi connectivity index (χ2n) is 4.78. The first-order valence-electron chi connectivity index (χ1n) is 6.37. The van der Waals surface area contributed by atoms with E-state index in [1.807, 2.05) is 11.6 Å². The zero-order chi connectivity index (χ0) is 15.0. The highest BCUT2D eigenvalue weighted by Crippen LogP contribution is 2.23. The number of thiazole rings is 1. The van der Waals surface area contributed by atoms with Crippen molar-refractivity contribution in [2.24, 2.45) is 5.92 Å². The monoisotopic (exact) mass is 325 g/mol. The minimum absolute atomic E-state index is 0.208. The summed E-state index contributed by atoms with van der Waals surface area (Å²) in [4.78, 5) is 29.4. The molecule has 0 spiro atoms. The van der Waals surface area contributed by atoms with Crippen LogP contribution in [0.15, 0.2) is 17.7 Å². The van der Waals surface area contributed by atoms with Gasteiger partial charge in [-0.15, -0.1) is 11.3 Å². The minimum atomic E-state index is -0.854. The molecule has 0 bridgehead atoms. The number of hydrogen-bond donors (Lipinski definition) is 1. The van der Waals surface area contributed by atoms with E-state index in [9.17, 15) is 9.59 Å². The van der Waals surface area contributed by atoms with Crippen molar-refractivity contribution in [3.8, 4) is 0 Å². The van der Waals surface area contributed by atoms with Crippen molar-refractivity contribution in [1.29, 1.82) is 0 Å². The summed E-state index contributed by atoms with van der Waals surface area (Å²) in [6.45, 7) is 0.723. The van der Waals surface area contributed by atoms with Crippen molar-refractivity contribution in [2.75, 3.05) is 13.1 Å². The topological polar surface area (TPSA) is 74.9 Å². The van der Waals surface area contributed by atoms with Crippen molar-refractivity contribution in [3.05, 3.63) is 28.5 Å². The number of rotatable bonds is 3. The predicted molar refractivity (Wildman–Crippen MR) is 79.4 cm³/mol. The minimum Gasteiger partial charge on any atom is -0.481 e. The fourth-order valence-electron chi connectivity index (χ4n) is 2.34. The molecule has 1 fully saturated rings. The first-order valence-corrected chi connectivity index (χ1v) is 7.63. The number of halogens is 1. The van der Waals surface area contributed by atoms with Gasteiger partial charge in [0, 0.05) is 30.7 Å². The highest BCUT2D eigenvalue weighted by atomic mass is 35.5. The molecule has 1 aliphatic rings. The summed E-state index contributed by atoms with van der Waals surface area (Å²) < 4.78 is 1.81. The summed E-state index contributed by atoms with van der Waals surface area (Å²) in [6.07, 6.45) is 5.36. The lowest BCUT2D eigenvalue weighted by Gasteiger charge is -2.12. The van der Waals surface area contributed by atoms with Crippen LogP contribution >= 0.6 is 22.9 Å². The number of carboxylic acid groups (broad SMARTS) is 1. The van der Waals surface area contributed by atoms with Gasteiger partial charge in [0.15, 0.2) is 10.1 Å². The Labute approximate surface area is 129 Å². The number of aromatic nitrogens is 2. The van der Waals surface area contributed by atoms with E-state index in [1.54, 1.807) is 10.5 Å². The Hall–Kier alpha value is -1.86. The average molecular weight is 326 g/mol. The van der Waals surface area contributed by atoms with E-state index in [-0.39, 0.29) is 12.5 Å². The van der Waals surface area contributed by atoms with Crippen LogP contribution in [0.5, 0.6) is 0 Å². The zero-order valence-electron chi connectivity index (χ0n) is 10.9. The third kappa shape index (κ3) is 2.66. The molecule has 8 heteroatoms. The quantitative estimate of drug-likeness (QED) is 0.876. The van der Waals surface area contributed by atoms with E-state index in [4.69, 9.17) is 16.7 Å². The van der Waals surface area contributed by atoms with Crippen LogP contribution in [0.3, 0.4) is 0 Å². The van der Waals surface area contributed by atoms with E-state index >= 15 is 0 Å². The van der Waals surface area contributed by atoms with Gasteiger partial charge in [0.05, 0.1) is 11.6 Å². The predicted octanol–water partition coefficient (Wildman–Crippen LogP) is 2.00. The average Bonchev–Trinajstić information content (AvgIpc) is 3.11. The lowest BCUT2D eigenvalue weighted by molar-refractivity contribution is -0.141. The lowest BCUT2D eigenvalue weighted by atomic mass is 10.1. The van der Waals surface area contributed by atoms with Crippen LogP contribution in [0.2, 0.25) is 5.15 Å². The smallest absolute Gasteiger partial charge is 0.308 e. The molecular weight excluding hydrogens is 314 g/mol. The lowest BCUT2D eigenvalue weighted by Crippen LogP contribution is -2.28. The molecule has 1 amide bonds. The number of carboxylic acids is 1. The molecule has 21 heavy (non-hydrogen) atoms. The van der Waals surface area contributed by atoms with Gasteiger partial charge in [-0.25, -0.2) is 4.98 Å². The summed E-state index contributed by atoms with van der Waals surface area (Å²) >= 11 is 7.50. The number of hydrogen-bond acceptors (Lipinski definition) is 4. The second-order valence-corrected chi connectivity index (χ2v) is 6.02. The van der Waals surface area contributed by atoms with Crippen LogP contribution < -0.4 is 0 Å². The van der Waals surface area contributed by atoms with Crippen LogP contribution in [-0.2, 0) is 9.59 Å². The Kier molecular flexibility index (Phi) is 3.69. The third-order valence-electron chi connectivity index (χ3n) is 3.49. The molecule has 6 nitrogen and oxygen atoms in total. The van der Waals surface area contributed by atoms with Crippen molar-refractivity contribution in [1.82, 2.24) is 14.3 Å². The largest absolute Gasteiger partial charge is 0.481 e. The van der Waals surface area contributed by atoms with Crippen LogP contribution in [0.25, 0.3) is 11.0 Å². The van der Waals surface area contributed by atoms with Gasteiger partial charge in [-0.1, -0.05) is 11.6 Å². The van der Waals surface area contributed by atoms with Gasteiger partial charge in [0.2, 0.25) is 5.91 Å². The van der Waals surface area contributed by atoms with E-state index in [0.717, 1.165) is 4.96 Å². The maximum Gasteiger partial charge on any atom is 0.308 e. The van der Waals surface area contributed by atoms with Crippen molar-refractivity contribution in [3.63, 3.8) is 0 Å². The molecule has 0 saturated carbocycles. The molecule has 3 rings (SSSR count). The van der Waals surface area contributed by atoms with Crippen LogP contribution in [0.1, 0.15) is 12.1 Å². The van der Waals surface area contributed by atoms with Crippen LogP contribution in [-0.4, -0.2) is 44.4 Å². The standard InChI is InChI=1S/C13H12ClN3O3S/c14-11-9(17-5-6-21-13(17)15-11)1-2-10(18)16-4-3-8(7-16)12(19)20/h1-2,5-6,8H,3-4,7H2,(H,19,20). The first-order chi connectivity index (χ1) is 10.1. The highest BCUT2D eigenvalue weighted by molar-refractivity contribution is 7.15. The number of aliphatic carboxylic acids is 1. The maximum absolute atomic E-state index is 12.1. The molecule has 2 aromatic rings. The summed E-state index contributed by atoms with van der Waals surface area (Å²) in [6, 6.07) is 0. The molecule has 110 valence electrons. The van der Waals surface area contributed by atoms with E-state index in [0.29, 0.717) is 23.8 Å². The second kappa shape index (κ2) is 5.50. The van der Waals surface area contributed by atoms with Gasteiger partial charge < -0.3 is 10.0 Å². The molecule has 0 radical (unpaired) electrons. The Balaban J connectivity index is 1.74. The first kappa shape index (κ1) is 14.1. The Morgan fingerprint density at radius 2 is 2.33 bits per heavy atom. The number of likely N-dealkylation sites (tertiary alicyclic amines) is 1.